The van der Waals surface area contributed by atoms with E-state index in [0.29, 0.717) is 69.4 Å². The molecule has 16 aliphatic rings. The Labute approximate surface area is 672 Å². The molecular weight excluding hydrogens is 1550 g/mol. The van der Waals surface area contributed by atoms with Crippen LogP contribution in [0.5, 0.6) is 0 Å². The number of rotatable bonds is 16. The number of ether oxygens (including phenoxy) is 1. The zero-order valence-electron chi connectivity index (χ0n) is 66.0. The highest BCUT2D eigenvalue weighted by molar-refractivity contribution is 7.93. The van der Waals surface area contributed by atoms with Crippen LogP contribution in [0.25, 0.3) is 0 Å². The molecule has 1 unspecified atom stereocenters. The lowest BCUT2D eigenvalue weighted by Gasteiger charge is -2.53. The van der Waals surface area contributed by atoms with Crippen molar-refractivity contribution in [3.05, 3.63) is 113 Å². The van der Waals surface area contributed by atoms with Gasteiger partial charge in [0.2, 0.25) is 40.1 Å². The van der Waals surface area contributed by atoms with E-state index in [9.17, 15) is 61.3 Å². The SMILES string of the molecule is CC1(C)CC(N2CC(S(=O)(=O)NC(=O)Nc3c4c(cc5c3CCC5)CCC4)C2)C1.CC1CC(N2CC(S(=O)(=O)NC(=O)Nc3c4c(cc5c3CCC5)CCC4)C2)C1.O=C(Nc1c2c(cc3c1CCC3)CCC2)NS(=O)(=O)C1CN(C2CCOC2)C1.O=C(Nc1c2c(cc3c1CCC3)CCC2)NS(=O)(=O)C1CN(C2CS(=O)(=O)C2)C1. The van der Waals surface area contributed by atoms with E-state index in [1.165, 1.54) is 77.9 Å². The number of anilines is 4. The van der Waals surface area contributed by atoms with E-state index in [1.807, 2.05) is 4.90 Å². The molecule has 10 aliphatic carbocycles. The number of aryl methyl sites for hydroxylation is 8. The van der Waals surface area contributed by atoms with Crippen molar-refractivity contribution in [3.8, 4) is 0 Å². The molecule has 6 heterocycles. The minimum Gasteiger partial charge on any atom is -0.380 e. The molecule has 0 aromatic heterocycles. The fourth-order valence-corrected chi connectivity index (χ4v) is 27.8. The van der Waals surface area contributed by atoms with Crippen LogP contribution in [0.4, 0.5) is 41.9 Å². The van der Waals surface area contributed by atoms with Crippen molar-refractivity contribution in [1.82, 2.24) is 38.5 Å². The molecule has 4 aromatic carbocycles. The molecule has 6 saturated heterocycles. The number of sulfonamides is 4. The van der Waals surface area contributed by atoms with Crippen molar-refractivity contribution in [2.75, 3.05) is 98.3 Å². The van der Waals surface area contributed by atoms with Crippen molar-refractivity contribution in [1.29, 1.82) is 0 Å². The van der Waals surface area contributed by atoms with Crippen LogP contribution in [0.15, 0.2) is 24.3 Å². The Hall–Kier alpha value is -6.49. The van der Waals surface area contributed by atoms with Gasteiger partial charge in [-0.05, 0) is 287 Å². The lowest BCUT2D eigenvalue weighted by Crippen LogP contribution is -2.66. The van der Waals surface area contributed by atoms with Gasteiger partial charge in [-0.25, -0.2) is 80.2 Å². The first-order chi connectivity index (χ1) is 54.3. The first-order valence-corrected chi connectivity index (χ1v) is 50.1. The summed E-state index contributed by atoms with van der Waals surface area (Å²) in [6.45, 7) is 11.7. The van der Waals surface area contributed by atoms with Gasteiger partial charge in [-0.1, -0.05) is 45.0 Å². The maximum absolute atomic E-state index is 12.7. The standard InChI is InChI=1S/C22H31N3O3S.C21H29N3O3S.C20H27N3O4S.C19H25N3O5S2/c1-22(2)10-16(11-22)25-12-17(13-25)29(27,28)24-21(26)23-20-18-7-3-5-14(18)9-15-6-4-8-19(15)20;1-13-8-16(9-13)24-11-17(12-24)28(26,27)23-21(25)22-20-18-6-2-4-14(18)10-15-5-3-7-19(15)20;24-20(22-28(25,26)16-10-23(11-16)15-7-8-27-12-15)21-19-17-5-1-3-13(17)9-14-4-2-6-18(14)19;23-19(20-18-16-5-1-3-12(16)7-13-4-2-6-17(13)18)21-29(26,27)15-8-22(9-15)14-10-28(24,25)11-14/h9,16-17H,3-8,10-13H2,1-2H3,(H2,23,24,26);10,13,16-17H,2-9,11-12H2,1H3,(H2,22,23,25);9,15-16H,1-8,10-12H2,(H2,21,22,24);7,14-15H,1-6,8-11H2,(H2,20,21,23). The summed E-state index contributed by atoms with van der Waals surface area (Å²) in [6.07, 6.45) is 30.1. The summed E-state index contributed by atoms with van der Waals surface area (Å²) in [5, 5.41) is 9.39. The molecule has 4 aromatic rings. The molecule has 0 bridgehead atoms. The monoisotopic (exact) mass is 1660 g/mol. The molecule has 8 fully saturated rings. The first kappa shape index (κ1) is 80.0. The normalized spacial score (nSPS) is 24.7. The maximum Gasteiger partial charge on any atom is 0.332 e. The van der Waals surface area contributed by atoms with Gasteiger partial charge in [0, 0.05) is 106 Å². The predicted molar refractivity (Wildman–Crippen MR) is 438 cm³/mol. The Morgan fingerprint density at radius 3 is 0.842 bits per heavy atom. The number of carbonyl (C=O) groups excluding carboxylic acids is 4. The molecule has 1 atom stereocenters. The number of urea groups is 4. The van der Waals surface area contributed by atoms with E-state index >= 15 is 0 Å². The van der Waals surface area contributed by atoms with Crippen LogP contribution < -0.4 is 40.2 Å². The third-order valence-corrected chi connectivity index (χ3v) is 36.2. The van der Waals surface area contributed by atoms with Crippen LogP contribution in [0.2, 0.25) is 0 Å². The summed E-state index contributed by atoms with van der Waals surface area (Å²) in [6, 6.07) is 7.86. The molecule has 114 heavy (non-hydrogen) atoms. The Balaban J connectivity index is 0.000000110. The van der Waals surface area contributed by atoms with Gasteiger partial charge in [-0.2, -0.15) is 0 Å². The highest BCUT2D eigenvalue weighted by Gasteiger charge is 2.50. The number of nitrogens with zero attached hydrogens (tertiary/aromatic N) is 4. The molecule has 0 spiro atoms. The number of amides is 8. The zero-order chi connectivity index (χ0) is 79.5. The summed E-state index contributed by atoms with van der Waals surface area (Å²) < 4.78 is 138. The zero-order valence-corrected chi connectivity index (χ0v) is 70.0. The molecule has 20 rings (SSSR count). The van der Waals surface area contributed by atoms with Gasteiger partial charge in [0.15, 0.2) is 9.84 Å². The van der Waals surface area contributed by atoms with Gasteiger partial charge in [0.25, 0.3) is 0 Å². The minimum absolute atomic E-state index is 0.0882. The molecule has 27 nitrogen and oxygen atoms in total. The van der Waals surface area contributed by atoms with Crippen molar-refractivity contribution < 1.29 is 66.0 Å². The van der Waals surface area contributed by atoms with Crippen LogP contribution >= 0.6 is 0 Å². The Kier molecular flexibility index (Phi) is 22.0. The average Bonchev–Trinajstić information content (AvgIpc) is 1.22. The van der Waals surface area contributed by atoms with Gasteiger partial charge < -0.3 is 26.0 Å². The maximum atomic E-state index is 12.7. The summed E-state index contributed by atoms with van der Waals surface area (Å²) in [4.78, 5) is 58.8. The van der Waals surface area contributed by atoms with Crippen molar-refractivity contribution in [2.24, 2.45) is 11.3 Å². The minimum atomic E-state index is -3.80. The van der Waals surface area contributed by atoms with E-state index < -0.39 is 95.1 Å². The second-order valence-corrected chi connectivity index (χ2v) is 46.3. The van der Waals surface area contributed by atoms with E-state index in [2.05, 4.69) is 99.9 Å². The van der Waals surface area contributed by atoms with Gasteiger partial charge in [-0.15, -0.1) is 0 Å². The fourth-order valence-electron chi connectivity index (χ4n) is 21.3. The Bertz CT molecular complexity index is 4990. The second kappa shape index (κ2) is 31.3. The number of sulfone groups is 1. The topological polar surface area (TPSA) is 357 Å². The number of hydrogen-bond donors (Lipinski definition) is 8. The predicted octanol–water partition coefficient (Wildman–Crippen LogP) is 7.77. The Morgan fingerprint density at radius 2 is 0.614 bits per heavy atom. The summed E-state index contributed by atoms with van der Waals surface area (Å²) >= 11 is 0. The number of hydrogen-bond acceptors (Lipinski definition) is 19. The first-order valence-electron chi connectivity index (χ1n) is 42.1. The van der Waals surface area contributed by atoms with Gasteiger partial charge in [0.05, 0.1) is 18.1 Å². The largest absolute Gasteiger partial charge is 0.380 e. The van der Waals surface area contributed by atoms with Crippen molar-refractivity contribution in [3.63, 3.8) is 0 Å². The fraction of sp³-hybridized carbons (Fsp3) is 0.659. The van der Waals surface area contributed by atoms with Crippen LogP contribution in [0.3, 0.4) is 0 Å². The number of likely N-dealkylation sites (tertiary alicyclic amines) is 4. The molecule has 8 N–H and O–H groups in total. The number of carbonyl (C=O) groups is 4. The summed E-state index contributed by atoms with van der Waals surface area (Å²) in [7, 11) is -17.7. The summed E-state index contributed by atoms with van der Waals surface area (Å²) in [5.41, 5.74) is 23.8. The van der Waals surface area contributed by atoms with E-state index in [1.54, 1.807) is 0 Å². The average molecular weight is 1670 g/mol. The highest BCUT2D eigenvalue weighted by Crippen LogP contribution is 2.47. The van der Waals surface area contributed by atoms with Crippen LogP contribution in [0, 0.1) is 11.3 Å². The number of nitrogens with one attached hydrogen (secondary N) is 8. The van der Waals surface area contributed by atoms with Crippen LogP contribution in [-0.2, 0) is 157 Å². The van der Waals surface area contributed by atoms with Crippen molar-refractivity contribution >= 4 is 96.8 Å². The molecule has 620 valence electrons. The van der Waals surface area contributed by atoms with E-state index in [4.69, 9.17) is 4.74 Å². The molecular formula is C82H112N12O15S5. The second-order valence-electron chi connectivity index (χ2n) is 36.3. The number of benzene rings is 4. The van der Waals surface area contributed by atoms with E-state index in [0.717, 1.165) is 233 Å². The van der Waals surface area contributed by atoms with Gasteiger partial charge >= 0.3 is 24.1 Å². The lowest BCUT2D eigenvalue weighted by atomic mass is 9.67. The molecule has 2 saturated carbocycles. The lowest BCUT2D eigenvalue weighted by molar-refractivity contribution is -0.00657. The molecule has 8 amide bonds. The summed E-state index contributed by atoms with van der Waals surface area (Å²) in [5.74, 6) is 0.939. The van der Waals surface area contributed by atoms with Crippen molar-refractivity contribution in [2.45, 2.75) is 252 Å². The number of fused-ring (bicyclic) bond motifs is 8. The highest BCUT2D eigenvalue weighted by atomic mass is 32.2. The van der Waals surface area contributed by atoms with Crippen LogP contribution in [0.1, 0.15) is 193 Å². The molecule has 6 aliphatic heterocycles. The third-order valence-electron chi connectivity index (χ3n) is 27.8. The van der Waals surface area contributed by atoms with E-state index in [-0.39, 0.29) is 30.6 Å². The van der Waals surface area contributed by atoms with Gasteiger partial charge in [-0.3, -0.25) is 19.6 Å². The van der Waals surface area contributed by atoms with Crippen LogP contribution in [-0.4, -0.2) is 208 Å². The third kappa shape index (κ3) is 16.5. The van der Waals surface area contributed by atoms with Gasteiger partial charge in [0.1, 0.15) is 21.0 Å². The quantitative estimate of drug-likeness (QED) is 0.0531. The molecule has 0 radical (unpaired) electrons. The Morgan fingerprint density at radius 1 is 0.368 bits per heavy atom. The molecule has 32 heteroatoms. The smallest absolute Gasteiger partial charge is 0.332 e.